The molecule has 3 rings (SSSR count). The number of hydrogen-bond donors (Lipinski definition) is 1. The van der Waals surface area contributed by atoms with Gasteiger partial charge in [0.05, 0.1) is 13.2 Å². The van der Waals surface area contributed by atoms with E-state index in [9.17, 15) is 9.90 Å². The van der Waals surface area contributed by atoms with Crippen molar-refractivity contribution in [2.24, 2.45) is 11.3 Å². The van der Waals surface area contributed by atoms with Gasteiger partial charge in [-0.1, -0.05) is 34.6 Å². The molecule has 0 spiro atoms. The summed E-state index contributed by atoms with van der Waals surface area (Å²) < 4.78 is 11.5. The van der Waals surface area contributed by atoms with Crippen molar-refractivity contribution in [3.8, 4) is 11.5 Å². The molecule has 1 fully saturated rings. The number of Topliss-reactive ketones (excluding diaryl/α,β-unsaturated/α-hetero) is 1. The van der Waals surface area contributed by atoms with Crippen LogP contribution in [0.4, 0.5) is 0 Å². The Balaban J connectivity index is 2.31. The number of rotatable bonds is 3. The van der Waals surface area contributed by atoms with Gasteiger partial charge in [-0.2, -0.15) is 0 Å². The van der Waals surface area contributed by atoms with Gasteiger partial charge in [-0.05, 0) is 36.3 Å². The minimum absolute atomic E-state index is 0.120. The number of ether oxygens (including phenoxy) is 2. The Kier molecular flexibility index (Phi) is 4.63. The van der Waals surface area contributed by atoms with Gasteiger partial charge < -0.3 is 14.6 Å². The van der Waals surface area contributed by atoms with Gasteiger partial charge in [0.1, 0.15) is 5.78 Å². The van der Waals surface area contributed by atoms with Crippen molar-refractivity contribution in [2.45, 2.75) is 71.3 Å². The highest BCUT2D eigenvalue weighted by Crippen LogP contribution is 2.62. The molecular formula is C22H32O4. The van der Waals surface area contributed by atoms with E-state index in [1.807, 2.05) is 13.8 Å². The quantitative estimate of drug-likeness (QED) is 0.835. The molecule has 0 amide bonds. The summed E-state index contributed by atoms with van der Waals surface area (Å²) in [6.07, 6.45) is 1.97. The van der Waals surface area contributed by atoms with E-state index in [2.05, 4.69) is 26.8 Å². The molecule has 2 aliphatic carbocycles. The minimum Gasteiger partial charge on any atom is -0.504 e. The monoisotopic (exact) mass is 360 g/mol. The van der Waals surface area contributed by atoms with Gasteiger partial charge in [-0.3, -0.25) is 4.79 Å². The average molecular weight is 360 g/mol. The van der Waals surface area contributed by atoms with Crippen molar-refractivity contribution in [3.63, 3.8) is 0 Å². The van der Waals surface area contributed by atoms with Crippen molar-refractivity contribution in [1.82, 2.24) is 0 Å². The van der Waals surface area contributed by atoms with Crippen LogP contribution in [0.1, 0.15) is 82.6 Å². The summed E-state index contributed by atoms with van der Waals surface area (Å²) in [5, 5.41) is 11.3. The lowest BCUT2D eigenvalue weighted by Gasteiger charge is -2.54. The number of ketones is 1. The summed E-state index contributed by atoms with van der Waals surface area (Å²) in [5.74, 6) is 1.45. The first-order chi connectivity index (χ1) is 12.1. The van der Waals surface area contributed by atoms with E-state index in [4.69, 9.17) is 9.47 Å². The molecule has 4 nitrogen and oxygen atoms in total. The largest absolute Gasteiger partial charge is 0.504 e. The number of benzene rings is 1. The van der Waals surface area contributed by atoms with Crippen molar-refractivity contribution in [3.05, 3.63) is 22.8 Å². The molecule has 1 N–H and O–H groups in total. The van der Waals surface area contributed by atoms with E-state index in [1.54, 1.807) is 14.2 Å². The highest BCUT2D eigenvalue weighted by Gasteiger charge is 2.56. The molecule has 26 heavy (non-hydrogen) atoms. The molecule has 144 valence electrons. The fraction of sp³-hybridized carbons (Fsp3) is 0.682. The second-order valence-corrected chi connectivity index (χ2v) is 9.04. The van der Waals surface area contributed by atoms with Gasteiger partial charge >= 0.3 is 0 Å². The molecule has 0 heterocycles. The first kappa shape index (κ1) is 19.2. The van der Waals surface area contributed by atoms with Crippen LogP contribution in [-0.2, 0) is 14.9 Å². The molecule has 2 aliphatic rings. The molecule has 4 heteroatoms. The maximum atomic E-state index is 12.6. The highest BCUT2D eigenvalue weighted by molar-refractivity contribution is 5.86. The van der Waals surface area contributed by atoms with Gasteiger partial charge in [0, 0.05) is 35.5 Å². The van der Waals surface area contributed by atoms with Crippen LogP contribution in [0.5, 0.6) is 11.5 Å². The van der Waals surface area contributed by atoms with Gasteiger partial charge in [0.15, 0.2) is 11.5 Å². The van der Waals surface area contributed by atoms with Crippen LogP contribution in [-0.4, -0.2) is 25.1 Å². The van der Waals surface area contributed by atoms with Crippen molar-refractivity contribution in [2.75, 3.05) is 14.2 Å². The molecule has 1 aromatic rings. The Morgan fingerprint density at radius 2 is 1.88 bits per heavy atom. The third kappa shape index (κ3) is 2.49. The number of carbonyl (C=O) groups excluding carboxylic acids is 1. The van der Waals surface area contributed by atoms with Crippen molar-refractivity contribution >= 4 is 5.78 Å². The van der Waals surface area contributed by atoms with E-state index in [-0.39, 0.29) is 29.1 Å². The topological polar surface area (TPSA) is 55.8 Å². The van der Waals surface area contributed by atoms with Gasteiger partial charge in [-0.15, -0.1) is 0 Å². The number of phenols is 1. The summed E-state index contributed by atoms with van der Waals surface area (Å²) in [5.41, 5.74) is 2.27. The Hall–Kier alpha value is -1.55. The molecule has 1 aromatic carbocycles. The van der Waals surface area contributed by atoms with Crippen LogP contribution in [0.2, 0.25) is 0 Å². The van der Waals surface area contributed by atoms with E-state index in [0.717, 1.165) is 29.5 Å². The van der Waals surface area contributed by atoms with Crippen LogP contribution in [0.3, 0.4) is 0 Å². The normalized spacial score (nSPS) is 30.1. The second kappa shape index (κ2) is 6.26. The summed E-state index contributed by atoms with van der Waals surface area (Å²) in [6.45, 7) is 10.5. The SMILES string of the molecule is COc1c(C(C)C)cc2c(c1O)C1(C)CCC(=O)C(C)(C)C1CC2OC. The number of phenolic OH excluding ortho intramolecular Hbond substituents is 1. The predicted octanol–water partition coefficient (Wildman–Crippen LogP) is 4.88. The van der Waals surface area contributed by atoms with Crippen molar-refractivity contribution < 1.29 is 19.4 Å². The third-order valence-corrected chi connectivity index (χ3v) is 7.02. The Bertz CT molecular complexity index is 734. The number of hydrogen-bond acceptors (Lipinski definition) is 4. The van der Waals surface area contributed by atoms with Crippen LogP contribution in [0.25, 0.3) is 0 Å². The van der Waals surface area contributed by atoms with Crippen LogP contribution < -0.4 is 4.74 Å². The van der Waals surface area contributed by atoms with Crippen molar-refractivity contribution in [1.29, 1.82) is 0 Å². The van der Waals surface area contributed by atoms with Gasteiger partial charge in [0.2, 0.25) is 0 Å². The maximum Gasteiger partial charge on any atom is 0.164 e. The number of aromatic hydroxyl groups is 1. The van der Waals surface area contributed by atoms with Crippen LogP contribution in [0, 0.1) is 11.3 Å². The molecule has 1 saturated carbocycles. The zero-order valence-corrected chi connectivity index (χ0v) is 17.1. The zero-order valence-electron chi connectivity index (χ0n) is 17.1. The standard InChI is InChI=1S/C22H32O4/c1-12(2)13-10-14-15(25-6)11-16-21(3,4)17(23)8-9-22(16,5)18(14)19(24)20(13)26-7/h10,12,15-16,24H,8-9,11H2,1-7H3. The fourth-order valence-corrected chi connectivity index (χ4v) is 5.47. The summed E-state index contributed by atoms with van der Waals surface area (Å²) in [4.78, 5) is 12.6. The molecule has 0 radical (unpaired) electrons. The van der Waals surface area contributed by atoms with Gasteiger partial charge in [0.25, 0.3) is 0 Å². The molecule has 3 unspecified atom stereocenters. The summed E-state index contributed by atoms with van der Waals surface area (Å²) in [6, 6.07) is 2.15. The maximum absolute atomic E-state index is 12.6. The zero-order chi connectivity index (χ0) is 19.4. The highest BCUT2D eigenvalue weighted by atomic mass is 16.5. The lowest BCUT2D eigenvalue weighted by Crippen LogP contribution is -2.53. The first-order valence-electron chi connectivity index (χ1n) is 9.59. The lowest BCUT2D eigenvalue weighted by molar-refractivity contribution is -0.139. The average Bonchev–Trinajstić information content (AvgIpc) is 2.58. The van der Waals surface area contributed by atoms with Crippen LogP contribution in [0.15, 0.2) is 6.07 Å². The smallest absolute Gasteiger partial charge is 0.164 e. The van der Waals surface area contributed by atoms with E-state index < -0.39 is 5.41 Å². The number of fused-ring (bicyclic) bond motifs is 3. The Labute approximate surface area is 156 Å². The first-order valence-corrected chi connectivity index (χ1v) is 9.59. The summed E-state index contributed by atoms with van der Waals surface area (Å²) in [7, 11) is 3.32. The lowest BCUT2D eigenvalue weighted by atomic mass is 9.49. The molecule has 0 aromatic heterocycles. The van der Waals surface area contributed by atoms with Crippen LogP contribution >= 0.6 is 0 Å². The van der Waals surface area contributed by atoms with E-state index >= 15 is 0 Å². The fourth-order valence-electron chi connectivity index (χ4n) is 5.47. The molecule has 0 bridgehead atoms. The molecule has 0 saturated heterocycles. The predicted molar refractivity (Wildman–Crippen MR) is 102 cm³/mol. The Morgan fingerprint density at radius 1 is 1.23 bits per heavy atom. The molecular weight excluding hydrogens is 328 g/mol. The van der Waals surface area contributed by atoms with E-state index in [0.29, 0.717) is 18.0 Å². The minimum atomic E-state index is -0.433. The number of carbonyl (C=O) groups is 1. The Morgan fingerprint density at radius 3 is 2.42 bits per heavy atom. The second-order valence-electron chi connectivity index (χ2n) is 9.04. The van der Waals surface area contributed by atoms with E-state index in [1.165, 1.54) is 0 Å². The number of methoxy groups -OCH3 is 2. The molecule has 0 aliphatic heterocycles. The van der Waals surface area contributed by atoms with Gasteiger partial charge in [-0.25, -0.2) is 0 Å². The molecule has 3 atom stereocenters. The summed E-state index contributed by atoms with van der Waals surface area (Å²) >= 11 is 0. The third-order valence-electron chi connectivity index (χ3n) is 7.02.